The highest BCUT2D eigenvalue weighted by atomic mass is 16.1. The highest BCUT2D eigenvalue weighted by molar-refractivity contribution is 5.97. The van der Waals surface area contributed by atoms with Gasteiger partial charge in [-0.15, -0.1) is 0 Å². The van der Waals surface area contributed by atoms with Crippen molar-refractivity contribution in [1.82, 2.24) is 9.97 Å². The van der Waals surface area contributed by atoms with Crippen molar-refractivity contribution in [3.8, 4) is 0 Å². The molecule has 2 atom stereocenters. The summed E-state index contributed by atoms with van der Waals surface area (Å²) in [4.78, 5) is 26.4. The van der Waals surface area contributed by atoms with Gasteiger partial charge in [0.05, 0.1) is 5.92 Å². The van der Waals surface area contributed by atoms with Crippen molar-refractivity contribution in [1.29, 1.82) is 5.41 Å². The van der Waals surface area contributed by atoms with Crippen LogP contribution < -0.4 is 22.1 Å². The SMILES string of the molecule is N=C1C=CC=C[C@H]1[C@@H]1N=c2nc(N)[nH]c(=O)c2=N1. The van der Waals surface area contributed by atoms with Gasteiger partial charge in [-0.1, -0.05) is 18.2 Å². The minimum atomic E-state index is -0.510. The predicted molar refractivity (Wildman–Crippen MR) is 64.9 cm³/mol. The molecule has 7 heteroatoms. The van der Waals surface area contributed by atoms with Gasteiger partial charge in [0, 0.05) is 5.71 Å². The van der Waals surface area contributed by atoms with Gasteiger partial charge in [0.25, 0.3) is 5.56 Å². The second-order valence-electron chi connectivity index (χ2n) is 4.02. The van der Waals surface area contributed by atoms with Crippen molar-refractivity contribution in [2.45, 2.75) is 6.17 Å². The molecular formula is C11H10N6O. The predicted octanol–water partition coefficient (Wildman–Crippen LogP) is -1.31. The molecule has 0 aromatic carbocycles. The molecule has 0 amide bonds. The Morgan fingerprint density at radius 1 is 1.33 bits per heavy atom. The average molecular weight is 242 g/mol. The minimum absolute atomic E-state index is 0.0208. The van der Waals surface area contributed by atoms with E-state index in [0.29, 0.717) is 5.71 Å². The van der Waals surface area contributed by atoms with E-state index in [2.05, 4.69) is 20.0 Å². The summed E-state index contributed by atoms with van der Waals surface area (Å²) in [6.07, 6.45) is 6.63. The lowest BCUT2D eigenvalue weighted by Crippen LogP contribution is -2.41. The zero-order valence-corrected chi connectivity index (χ0v) is 9.29. The number of rotatable bonds is 1. The van der Waals surface area contributed by atoms with Gasteiger partial charge < -0.3 is 11.1 Å². The number of nitrogens with two attached hydrogens (primary N) is 1. The van der Waals surface area contributed by atoms with E-state index in [1.54, 1.807) is 12.2 Å². The highest BCUT2D eigenvalue weighted by Gasteiger charge is 2.25. The molecule has 1 aromatic rings. The molecule has 3 rings (SSSR count). The standard InChI is InChI=1S/C11H10N6O/c12-6-4-2-1-3-5(6)8-14-7-9(15-8)16-11(13)17-10(7)18/h1-5,8,12H,(H3,13,15,16,17,18)/t5-,8+/m1/s1. The van der Waals surface area contributed by atoms with E-state index in [-0.39, 0.29) is 22.7 Å². The largest absolute Gasteiger partial charge is 0.369 e. The van der Waals surface area contributed by atoms with Crippen molar-refractivity contribution in [3.63, 3.8) is 0 Å². The number of nitrogen functional groups attached to an aromatic ring is 1. The number of nitrogens with zero attached hydrogens (tertiary/aromatic N) is 3. The topological polar surface area (TPSA) is 120 Å². The summed E-state index contributed by atoms with van der Waals surface area (Å²) < 4.78 is 0. The second-order valence-corrected chi connectivity index (χ2v) is 4.02. The molecule has 1 aromatic heterocycles. The van der Waals surface area contributed by atoms with E-state index in [0.717, 1.165) is 0 Å². The van der Waals surface area contributed by atoms with Crippen molar-refractivity contribution < 1.29 is 0 Å². The normalized spacial score (nSPS) is 24.6. The molecule has 0 bridgehead atoms. The third-order valence-electron chi connectivity index (χ3n) is 2.80. The first-order chi connectivity index (χ1) is 8.65. The number of allylic oxidation sites excluding steroid dienone is 3. The maximum atomic E-state index is 11.6. The molecule has 0 fully saturated rings. The minimum Gasteiger partial charge on any atom is -0.369 e. The Kier molecular flexibility index (Phi) is 2.19. The molecular weight excluding hydrogens is 232 g/mol. The molecule has 0 saturated heterocycles. The van der Waals surface area contributed by atoms with Crippen molar-refractivity contribution in [2.75, 3.05) is 5.73 Å². The Balaban J connectivity index is 2.10. The van der Waals surface area contributed by atoms with Crippen LogP contribution in [0, 0.1) is 11.3 Å². The fraction of sp³-hybridized carbons (Fsp3) is 0.182. The average Bonchev–Trinajstić information content (AvgIpc) is 2.73. The molecule has 4 N–H and O–H groups in total. The lowest BCUT2D eigenvalue weighted by Gasteiger charge is -2.16. The smallest absolute Gasteiger partial charge is 0.280 e. The van der Waals surface area contributed by atoms with E-state index in [4.69, 9.17) is 11.1 Å². The zero-order valence-electron chi connectivity index (χ0n) is 9.29. The van der Waals surface area contributed by atoms with Crippen LogP contribution in [0.15, 0.2) is 39.1 Å². The summed E-state index contributed by atoms with van der Waals surface area (Å²) in [5, 5.41) is 8.01. The van der Waals surface area contributed by atoms with Crippen LogP contribution in [0.4, 0.5) is 5.95 Å². The Morgan fingerprint density at radius 2 is 2.17 bits per heavy atom. The number of fused-ring (bicyclic) bond motifs is 1. The number of anilines is 1. The van der Waals surface area contributed by atoms with Crippen LogP contribution in [-0.4, -0.2) is 21.8 Å². The van der Waals surface area contributed by atoms with Gasteiger partial charge in [0.2, 0.25) is 5.95 Å². The van der Waals surface area contributed by atoms with Crippen LogP contribution in [0.5, 0.6) is 0 Å². The summed E-state index contributed by atoms with van der Waals surface area (Å²) in [5.74, 6) is -0.239. The van der Waals surface area contributed by atoms with Crippen molar-refractivity contribution in [3.05, 3.63) is 45.5 Å². The van der Waals surface area contributed by atoms with Crippen LogP contribution in [0.2, 0.25) is 0 Å². The Bertz CT molecular complexity index is 757. The molecule has 18 heavy (non-hydrogen) atoms. The molecule has 1 aliphatic carbocycles. The molecule has 0 radical (unpaired) electrons. The molecule has 2 heterocycles. The maximum Gasteiger partial charge on any atom is 0.280 e. The number of hydrogen-bond donors (Lipinski definition) is 3. The molecule has 7 nitrogen and oxygen atoms in total. The molecule has 2 aliphatic rings. The van der Waals surface area contributed by atoms with Gasteiger partial charge >= 0.3 is 0 Å². The van der Waals surface area contributed by atoms with Gasteiger partial charge in [0.1, 0.15) is 0 Å². The number of aromatic nitrogens is 2. The van der Waals surface area contributed by atoms with Crippen LogP contribution in [0.25, 0.3) is 0 Å². The van der Waals surface area contributed by atoms with Crippen LogP contribution in [0.1, 0.15) is 0 Å². The number of aromatic amines is 1. The van der Waals surface area contributed by atoms with Crippen LogP contribution in [0.3, 0.4) is 0 Å². The van der Waals surface area contributed by atoms with Gasteiger partial charge in [-0.05, 0) is 6.08 Å². The molecule has 90 valence electrons. The third kappa shape index (κ3) is 1.56. The van der Waals surface area contributed by atoms with Gasteiger partial charge in [-0.2, -0.15) is 4.98 Å². The van der Waals surface area contributed by atoms with E-state index in [1.807, 2.05) is 12.2 Å². The Labute approximate surface area is 101 Å². The first-order valence-corrected chi connectivity index (χ1v) is 5.40. The van der Waals surface area contributed by atoms with E-state index in [9.17, 15) is 4.79 Å². The Hall–Kier alpha value is -2.57. The highest BCUT2D eigenvalue weighted by Crippen LogP contribution is 2.16. The fourth-order valence-electron chi connectivity index (χ4n) is 1.94. The number of hydrogen-bond acceptors (Lipinski definition) is 6. The van der Waals surface area contributed by atoms with E-state index >= 15 is 0 Å². The second kappa shape index (κ2) is 3.73. The van der Waals surface area contributed by atoms with Crippen LogP contribution in [-0.2, 0) is 0 Å². The quantitative estimate of drug-likeness (QED) is 0.567. The molecule has 0 spiro atoms. The summed E-state index contributed by atoms with van der Waals surface area (Å²) in [6, 6.07) is 0. The van der Waals surface area contributed by atoms with Gasteiger partial charge in [-0.3, -0.25) is 9.78 Å². The fourth-order valence-corrected chi connectivity index (χ4v) is 1.94. The number of nitrogens with one attached hydrogen (secondary N) is 2. The lowest BCUT2D eigenvalue weighted by molar-refractivity contribution is 0.630. The Morgan fingerprint density at radius 3 is 2.94 bits per heavy atom. The molecule has 0 saturated carbocycles. The first kappa shape index (κ1) is 10.6. The lowest BCUT2D eigenvalue weighted by atomic mass is 9.96. The van der Waals surface area contributed by atoms with E-state index in [1.165, 1.54) is 0 Å². The van der Waals surface area contributed by atoms with Crippen molar-refractivity contribution in [2.24, 2.45) is 15.9 Å². The van der Waals surface area contributed by atoms with E-state index < -0.39 is 11.7 Å². The zero-order chi connectivity index (χ0) is 12.7. The maximum absolute atomic E-state index is 11.6. The molecule has 0 unspecified atom stereocenters. The number of H-pyrrole nitrogens is 1. The third-order valence-corrected chi connectivity index (χ3v) is 2.80. The summed E-state index contributed by atoms with van der Waals surface area (Å²) in [7, 11) is 0. The summed E-state index contributed by atoms with van der Waals surface area (Å²) in [6.45, 7) is 0. The first-order valence-electron chi connectivity index (χ1n) is 5.40. The molecule has 1 aliphatic heterocycles. The summed E-state index contributed by atoms with van der Waals surface area (Å²) in [5.41, 5.74) is 5.71. The van der Waals surface area contributed by atoms with Gasteiger partial charge in [-0.25, -0.2) is 9.98 Å². The van der Waals surface area contributed by atoms with Crippen LogP contribution >= 0.6 is 0 Å². The monoisotopic (exact) mass is 242 g/mol. The van der Waals surface area contributed by atoms with Gasteiger partial charge in [0.15, 0.2) is 17.0 Å². The van der Waals surface area contributed by atoms with Crippen molar-refractivity contribution >= 4 is 11.7 Å². The summed E-state index contributed by atoms with van der Waals surface area (Å²) >= 11 is 0.